The third-order valence-corrected chi connectivity index (χ3v) is 5.73. The molecule has 10 nitrogen and oxygen atoms in total. The lowest BCUT2D eigenvalue weighted by atomic mass is 10.2. The molecule has 3 N–H and O–H groups in total. The number of methoxy groups -OCH3 is 1. The number of imidazole rings is 1. The second-order valence-electron chi connectivity index (χ2n) is 6.44. The molecule has 0 radical (unpaired) electrons. The molecule has 3 rings (SSSR count). The molecule has 1 aromatic heterocycles. The van der Waals surface area contributed by atoms with Crippen LogP contribution in [0.1, 0.15) is 5.69 Å². The standard InChI is InChI=1S/C18H19N3O3S.C4H4O4/c1-19-12-15-13-21(18(20-15)14-7-4-3-5-8-14)25(22,23)17-10-6-9-16(11-17)24-2;5-3(6)1-2-4(7)8/h3-11,13,19H,12H2,1-2H3;1-2H,(H,5,6)(H,7,8). The lowest BCUT2D eigenvalue weighted by molar-refractivity contribution is -0.134. The first-order valence-corrected chi connectivity index (χ1v) is 10.9. The molecule has 0 saturated heterocycles. The summed E-state index contributed by atoms with van der Waals surface area (Å²) in [7, 11) is -0.509. The lowest BCUT2D eigenvalue weighted by Crippen LogP contribution is -2.13. The van der Waals surface area contributed by atoms with Gasteiger partial charge in [-0.25, -0.2) is 27.0 Å². The minimum atomic E-state index is -3.80. The van der Waals surface area contributed by atoms with E-state index in [0.717, 1.165) is 5.56 Å². The van der Waals surface area contributed by atoms with E-state index in [1.165, 1.54) is 17.1 Å². The Bertz CT molecular complexity index is 1220. The summed E-state index contributed by atoms with van der Waals surface area (Å²) < 4.78 is 32.7. The van der Waals surface area contributed by atoms with Crippen LogP contribution in [0.4, 0.5) is 0 Å². The number of nitrogens with one attached hydrogen (secondary N) is 1. The summed E-state index contributed by atoms with van der Waals surface area (Å²) in [6.07, 6.45) is 2.66. The van der Waals surface area contributed by atoms with E-state index in [2.05, 4.69) is 10.3 Å². The smallest absolute Gasteiger partial charge is 0.328 e. The summed E-state index contributed by atoms with van der Waals surface area (Å²) in [5.41, 5.74) is 1.38. The highest BCUT2D eigenvalue weighted by Gasteiger charge is 2.23. The predicted octanol–water partition coefficient (Wildman–Crippen LogP) is 2.23. The van der Waals surface area contributed by atoms with Crippen LogP contribution < -0.4 is 10.1 Å². The molecule has 11 heteroatoms. The van der Waals surface area contributed by atoms with Crippen molar-refractivity contribution in [2.45, 2.75) is 11.4 Å². The molecule has 0 fully saturated rings. The highest BCUT2D eigenvalue weighted by molar-refractivity contribution is 7.90. The van der Waals surface area contributed by atoms with Crippen LogP contribution in [0.15, 0.2) is 77.8 Å². The fraction of sp³-hybridized carbons (Fsp3) is 0.136. The van der Waals surface area contributed by atoms with E-state index in [9.17, 15) is 18.0 Å². The highest BCUT2D eigenvalue weighted by atomic mass is 32.2. The molecule has 0 spiro atoms. The Kier molecular flexibility index (Phi) is 8.89. The van der Waals surface area contributed by atoms with E-state index >= 15 is 0 Å². The van der Waals surface area contributed by atoms with Gasteiger partial charge < -0.3 is 20.3 Å². The molecule has 0 atom stereocenters. The molecule has 0 unspecified atom stereocenters. The molecule has 0 bridgehead atoms. The molecule has 2 aromatic carbocycles. The van der Waals surface area contributed by atoms with Crippen LogP contribution in [0.2, 0.25) is 0 Å². The van der Waals surface area contributed by atoms with Crippen molar-refractivity contribution < 1.29 is 33.0 Å². The number of carbonyl (C=O) groups is 2. The third-order valence-electron chi connectivity index (χ3n) is 4.08. The van der Waals surface area contributed by atoms with Gasteiger partial charge in [-0.1, -0.05) is 36.4 Å². The first kappa shape index (κ1) is 25.3. The molecular weight excluding hydrogens is 450 g/mol. The van der Waals surface area contributed by atoms with Crippen molar-refractivity contribution >= 4 is 22.0 Å². The summed E-state index contributed by atoms with van der Waals surface area (Å²) in [6.45, 7) is 0.473. The number of aromatic nitrogens is 2. The Balaban J connectivity index is 0.000000414. The van der Waals surface area contributed by atoms with Gasteiger partial charge in [-0.05, 0) is 19.2 Å². The Morgan fingerprint density at radius 2 is 1.70 bits per heavy atom. The zero-order valence-electron chi connectivity index (χ0n) is 17.9. The van der Waals surface area contributed by atoms with Gasteiger partial charge in [0.25, 0.3) is 10.0 Å². The monoisotopic (exact) mass is 473 g/mol. The number of benzene rings is 2. The van der Waals surface area contributed by atoms with E-state index in [4.69, 9.17) is 14.9 Å². The van der Waals surface area contributed by atoms with Gasteiger partial charge in [-0.15, -0.1) is 0 Å². The zero-order chi connectivity index (χ0) is 24.4. The van der Waals surface area contributed by atoms with Crippen LogP contribution in [-0.4, -0.2) is 53.7 Å². The lowest BCUT2D eigenvalue weighted by Gasteiger charge is -2.10. The quantitative estimate of drug-likeness (QED) is 0.419. The maximum Gasteiger partial charge on any atom is 0.328 e. The highest BCUT2D eigenvalue weighted by Crippen LogP contribution is 2.26. The van der Waals surface area contributed by atoms with Crippen molar-refractivity contribution in [1.82, 2.24) is 14.3 Å². The molecule has 0 aliphatic carbocycles. The maximum atomic E-state index is 13.2. The fourth-order valence-corrected chi connectivity index (χ4v) is 4.03. The van der Waals surface area contributed by atoms with E-state index in [1.54, 1.807) is 31.4 Å². The van der Waals surface area contributed by atoms with Gasteiger partial charge in [0.1, 0.15) is 5.75 Å². The Morgan fingerprint density at radius 1 is 1.06 bits per heavy atom. The minimum absolute atomic E-state index is 0.150. The first-order chi connectivity index (χ1) is 15.7. The number of nitrogens with zero attached hydrogens (tertiary/aromatic N) is 2. The van der Waals surface area contributed by atoms with Gasteiger partial charge in [0.05, 0.1) is 17.7 Å². The second kappa shape index (κ2) is 11.6. The van der Waals surface area contributed by atoms with Crippen molar-refractivity contribution in [3.05, 3.63) is 78.6 Å². The molecule has 174 valence electrons. The van der Waals surface area contributed by atoms with Gasteiger partial charge >= 0.3 is 11.9 Å². The summed E-state index contributed by atoms with van der Waals surface area (Å²) in [4.78, 5) is 23.8. The first-order valence-electron chi connectivity index (χ1n) is 9.51. The Labute approximate surface area is 190 Å². The number of carboxylic acid groups (broad SMARTS) is 2. The van der Waals surface area contributed by atoms with Crippen LogP contribution in [0.25, 0.3) is 11.4 Å². The minimum Gasteiger partial charge on any atom is -0.497 e. The van der Waals surface area contributed by atoms with Crippen molar-refractivity contribution in [3.63, 3.8) is 0 Å². The number of aliphatic carboxylic acids is 2. The Hall–Kier alpha value is -3.96. The van der Waals surface area contributed by atoms with Gasteiger partial charge in [0, 0.05) is 36.5 Å². The molecule has 0 aliphatic heterocycles. The largest absolute Gasteiger partial charge is 0.497 e. The van der Waals surface area contributed by atoms with Crippen LogP contribution in [0.5, 0.6) is 5.75 Å². The third kappa shape index (κ3) is 7.02. The topological polar surface area (TPSA) is 148 Å². The van der Waals surface area contributed by atoms with Crippen molar-refractivity contribution in [1.29, 1.82) is 0 Å². The average molecular weight is 474 g/mol. The summed E-state index contributed by atoms with van der Waals surface area (Å²) in [5.74, 6) is -1.65. The van der Waals surface area contributed by atoms with Crippen molar-refractivity contribution in [3.8, 4) is 17.1 Å². The van der Waals surface area contributed by atoms with Crippen LogP contribution >= 0.6 is 0 Å². The van der Waals surface area contributed by atoms with E-state index in [0.29, 0.717) is 36.0 Å². The van der Waals surface area contributed by atoms with Gasteiger partial charge in [-0.2, -0.15) is 0 Å². The number of hydrogen-bond donors (Lipinski definition) is 3. The molecule has 0 saturated carbocycles. The second-order valence-corrected chi connectivity index (χ2v) is 8.26. The fourth-order valence-electron chi connectivity index (χ4n) is 2.66. The zero-order valence-corrected chi connectivity index (χ0v) is 18.7. The van der Waals surface area contributed by atoms with Crippen LogP contribution in [0.3, 0.4) is 0 Å². The van der Waals surface area contributed by atoms with Crippen LogP contribution in [-0.2, 0) is 26.2 Å². The average Bonchev–Trinajstić information content (AvgIpc) is 3.24. The SMILES string of the molecule is CNCc1cn(S(=O)(=O)c2cccc(OC)c2)c(-c2ccccc2)n1.O=C(O)C=CC(=O)O. The van der Waals surface area contributed by atoms with Crippen LogP contribution in [0, 0.1) is 0 Å². The molecule has 0 aliphatic rings. The number of ether oxygens (including phenoxy) is 1. The van der Waals surface area contributed by atoms with E-state index in [1.807, 2.05) is 30.3 Å². The summed E-state index contributed by atoms with van der Waals surface area (Å²) >= 11 is 0. The molecule has 0 amide bonds. The number of hydrogen-bond acceptors (Lipinski definition) is 7. The summed E-state index contributed by atoms with van der Waals surface area (Å²) in [5, 5.41) is 18.6. The van der Waals surface area contributed by atoms with Crippen molar-refractivity contribution in [2.75, 3.05) is 14.2 Å². The molecule has 3 aromatic rings. The Morgan fingerprint density at radius 3 is 2.24 bits per heavy atom. The molecule has 33 heavy (non-hydrogen) atoms. The van der Waals surface area contributed by atoms with Gasteiger partial charge in [0.2, 0.25) is 0 Å². The summed E-state index contributed by atoms with van der Waals surface area (Å²) in [6, 6.07) is 15.7. The van der Waals surface area contributed by atoms with E-state index < -0.39 is 22.0 Å². The predicted molar refractivity (Wildman–Crippen MR) is 120 cm³/mol. The van der Waals surface area contributed by atoms with E-state index in [-0.39, 0.29) is 4.90 Å². The maximum absolute atomic E-state index is 13.2. The van der Waals surface area contributed by atoms with Gasteiger partial charge in [0.15, 0.2) is 5.82 Å². The van der Waals surface area contributed by atoms with Gasteiger partial charge in [-0.3, -0.25) is 0 Å². The molecule has 1 heterocycles. The number of carboxylic acids is 2. The van der Waals surface area contributed by atoms with Crippen molar-refractivity contribution in [2.24, 2.45) is 0 Å². The normalized spacial score (nSPS) is 11.0. The number of rotatable bonds is 8. The molecular formula is C22H23N3O7S.